The van der Waals surface area contributed by atoms with Gasteiger partial charge in [0.05, 0.1) is 34.5 Å². The maximum atomic E-state index is 12.3. The molecule has 0 aliphatic carbocycles. The number of anilines is 4. The van der Waals surface area contributed by atoms with Crippen LogP contribution in [0.25, 0.3) is 33.2 Å². The van der Waals surface area contributed by atoms with Crippen LogP contribution in [0.4, 0.5) is 28.1 Å². The first-order valence-electron chi connectivity index (χ1n) is 20.2. The van der Waals surface area contributed by atoms with Gasteiger partial charge in [0.25, 0.3) is 0 Å². The molecule has 0 bridgehead atoms. The van der Waals surface area contributed by atoms with E-state index in [0.29, 0.717) is 42.4 Å². The third kappa shape index (κ3) is 10.8. The number of amides is 1. The molecule has 14 nitrogen and oxygen atoms in total. The SMILES string of the molecule is CC(C)c1cnnc(Nc2ccc3ncc(C4=CCN(C(=O)OC(C)(C)C)CC4)cc3n2)c1.CC(C)c1cnnc(Nc2ccc3ncc(C4=CCNCC4)cc3n2)c1. The van der Waals surface area contributed by atoms with Gasteiger partial charge in [0, 0.05) is 32.0 Å². The second-order valence-corrected chi connectivity index (χ2v) is 16.3. The standard InChI is InChI=1S/C25H30N6O2.C20H22N6/c1-16(2)18-13-23(30-27-15-18)29-22-7-6-20-21(28-22)12-19(14-26-20)17-8-10-31(11-9-17)24(32)33-25(3,4)5;1-13(2)15-10-20(26-23-12-15)25-19-4-3-17-18(24-19)9-16(11-22-17)14-5-7-21-8-6-14/h6-8,12-16H,9-11H2,1-5H3,(H,28,29,30);3-5,9-13,21H,6-8H2,1-2H3,(H,24,25,26). The quantitative estimate of drug-likeness (QED) is 0.134. The monoisotopic (exact) mass is 792 g/mol. The van der Waals surface area contributed by atoms with Gasteiger partial charge in [-0.05, 0) is 134 Å². The third-order valence-corrected chi connectivity index (χ3v) is 9.94. The lowest BCUT2D eigenvalue weighted by Crippen LogP contribution is -2.39. The Morgan fingerprint density at radius 1 is 0.695 bits per heavy atom. The van der Waals surface area contributed by atoms with E-state index < -0.39 is 5.60 Å². The van der Waals surface area contributed by atoms with Crippen molar-refractivity contribution in [2.24, 2.45) is 0 Å². The maximum Gasteiger partial charge on any atom is 0.410 e. The Hall–Kier alpha value is -6.41. The maximum absolute atomic E-state index is 12.3. The number of aromatic nitrogens is 8. The summed E-state index contributed by atoms with van der Waals surface area (Å²) in [5, 5.41) is 26.3. The molecule has 2 aliphatic heterocycles. The first-order valence-corrected chi connectivity index (χ1v) is 20.2. The Morgan fingerprint density at radius 2 is 1.24 bits per heavy atom. The molecule has 8 heterocycles. The van der Waals surface area contributed by atoms with Crippen molar-refractivity contribution in [1.29, 1.82) is 0 Å². The van der Waals surface area contributed by atoms with Crippen LogP contribution in [-0.2, 0) is 4.74 Å². The highest BCUT2D eigenvalue weighted by molar-refractivity contribution is 5.83. The summed E-state index contributed by atoms with van der Waals surface area (Å²) >= 11 is 0. The van der Waals surface area contributed by atoms with Gasteiger partial charge in [0.15, 0.2) is 11.6 Å². The molecule has 0 radical (unpaired) electrons. The van der Waals surface area contributed by atoms with Gasteiger partial charge in [0.1, 0.15) is 17.2 Å². The molecule has 1 amide bonds. The molecular weight excluding hydrogens is 741 g/mol. The fourth-order valence-corrected chi connectivity index (χ4v) is 6.59. The van der Waals surface area contributed by atoms with Gasteiger partial charge in [-0.1, -0.05) is 39.8 Å². The Labute approximate surface area is 345 Å². The number of hydrogen-bond acceptors (Lipinski definition) is 13. The van der Waals surface area contributed by atoms with Crippen molar-refractivity contribution in [3.63, 3.8) is 0 Å². The molecule has 6 aromatic heterocycles. The van der Waals surface area contributed by atoms with E-state index in [-0.39, 0.29) is 6.09 Å². The van der Waals surface area contributed by atoms with Gasteiger partial charge in [-0.3, -0.25) is 9.97 Å². The summed E-state index contributed by atoms with van der Waals surface area (Å²) in [7, 11) is 0. The van der Waals surface area contributed by atoms with Crippen LogP contribution < -0.4 is 16.0 Å². The van der Waals surface area contributed by atoms with Crippen molar-refractivity contribution in [3.8, 4) is 0 Å². The summed E-state index contributed by atoms with van der Waals surface area (Å²) in [6.07, 6.45) is 13.1. The van der Waals surface area contributed by atoms with Crippen molar-refractivity contribution in [2.75, 3.05) is 36.8 Å². The Balaban J connectivity index is 0.000000184. The first-order chi connectivity index (χ1) is 28.4. The number of carbonyl (C=O) groups excluding carboxylic acids is 1. The number of nitrogens with one attached hydrogen (secondary N) is 3. The van der Waals surface area contributed by atoms with Crippen molar-refractivity contribution in [2.45, 2.75) is 78.7 Å². The lowest BCUT2D eigenvalue weighted by molar-refractivity contribution is 0.0270. The largest absolute Gasteiger partial charge is 0.444 e. The number of carbonyl (C=O) groups is 1. The van der Waals surface area contributed by atoms with E-state index in [0.717, 1.165) is 81.6 Å². The smallest absolute Gasteiger partial charge is 0.410 e. The normalized spacial score (nSPS) is 14.4. The predicted molar refractivity (Wildman–Crippen MR) is 234 cm³/mol. The topological polar surface area (TPSA) is 169 Å². The molecule has 0 fully saturated rings. The Kier molecular flexibility index (Phi) is 12.5. The fraction of sp³-hybridized carbons (Fsp3) is 0.356. The molecule has 14 heteroatoms. The molecule has 0 saturated heterocycles. The second-order valence-electron chi connectivity index (χ2n) is 16.3. The fourth-order valence-electron chi connectivity index (χ4n) is 6.59. The number of fused-ring (bicyclic) bond motifs is 2. The minimum Gasteiger partial charge on any atom is -0.444 e. The molecule has 0 aromatic carbocycles. The van der Waals surface area contributed by atoms with Crippen molar-refractivity contribution in [3.05, 3.63) is 108 Å². The molecule has 0 saturated carbocycles. The Morgan fingerprint density at radius 3 is 1.69 bits per heavy atom. The highest BCUT2D eigenvalue weighted by atomic mass is 16.6. The molecule has 0 spiro atoms. The van der Waals surface area contributed by atoms with Gasteiger partial charge in [-0.25, -0.2) is 14.8 Å². The minimum atomic E-state index is -0.498. The van der Waals surface area contributed by atoms with Crippen LogP contribution >= 0.6 is 0 Å². The second kappa shape index (κ2) is 18.0. The van der Waals surface area contributed by atoms with E-state index in [1.807, 2.05) is 75.6 Å². The number of nitrogens with zero attached hydrogens (tertiary/aromatic N) is 9. The number of pyridine rings is 4. The lowest BCUT2D eigenvalue weighted by Gasteiger charge is -2.29. The van der Waals surface area contributed by atoms with Crippen LogP contribution in [0.1, 0.15) is 95.4 Å². The van der Waals surface area contributed by atoms with Gasteiger partial charge in [0.2, 0.25) is 0 Å². The molecule has 3 N–H and O–H groups in total. The third-order valence-electron chi connectivity index (χ3n) is 9.94. The van der Waals surface area contributed by atoms with Crippen LogP contribution in [0.5, 0.6) is 0 Å². The lowest BCUT2D eigenvalue weighted by atomic mass is 10.0. The van der Waals surface area contributed by atoms with Crippen LogP contribution in [0, 0.1) is 0 Å². The predicted octanol–water partition coefficient (Wildman–Crippen LogP) is 8.97. The molecule has 8 rings (SSSR count). The molecule has 0 atom stereocenters. The van der Waals surface area contributed by atoms with Crippen LogP contribution in [-0.4, -0.2) is 83.1 Å². The highest BCUT2D eigenvalue weighted by Crippen LogP contribution is 2.27. The van der Waals surface area contributed by atoms with Gasteiger partial charge in [-0.15, -0.1) is 10.2 Å². The average molecular weight is 793 g/mol. The van der Waals surface area contributed by atoms with E-state index in [9.17, 15) is 4.79 Å². The van der Waals surface area contributed by atoms with E-state index in [2.05, 4.69) is 92.2 Å². The molecule has 59 heavy (non-hydrogen) atoms. The summed E-state index contributed by atoms with van der Waals surface area (Å²) in [5.74, 6) is 3.56. The van der Waals surface area contributed by atoms with Crippen LogP contribution in [0.3, 0.4) is 0 Å². The van der Waals surface area contributed by atoms with Crippen LogP contribution in [0.15, 0.2) is 85.5 Å². The van der Waals surface area contributed by atoms with E-state index in [1.165, 1.54) is 5.57 Å². The zero-order chi connectivity index (χ0) is 41.5. The van der Waals surface area contributed by atoms with E-state index in [1.54, 1.807) is 17.3 Å². The van der Waals surface area contributed by atoms with E-state index in [4.69, 9.17) is 14.7 Å². The zero-order valence-electron chi connectivity index (χ0n) is 34.8. The molecule has 6 aromatic rings. The summed E-state index contributed by atoms with van der Waals surface area (Å²) in [6, 6.07) is 15.9. The molecule has 0 unspecified atom stereocenters. The number of ether oxygens (including phenoxy) is 1. The zero-order valence-corrected chi connectivity index (χ0v) is 34.8. The molecule has 304 valence electrons. The van der Waals surface area contributed by atoms with Crippen molar-refractivity contribution < 1.29 is 9.53 Å². The van der Waals surface area contributed by atoms with Crippen molar-refractivity contribution in [1.82, 2.24) is 50.5 Å². The number of rotatable bonds is 8. The first kappa shape index (κ1) is 40.8. The van der Waals surface area contributed by atoms with Gasteiger partial charge < -0.3 is 25.6 Å². The minimum absolute atomic E-state index is 0.281. The van der Waals surface area contributed by atoms with Gasteiger partial charge >= 0.3 is 6.09 Å². The van der Waals surface area contributed by atoms with Crippen molar-refractivity contribution >= 4 is 62.6 Å². The molecular formula is C45H52N12O2. The average Bonchev–Trinajstić information content (AvgIpc) is 3.23. The Bertz CT molecular complexity index is 2510. The summed E-state index contributed by atoms with van der Waals surface area (Å²) in [5.41, 5.74) is 9.76. The highest BCUT2D eigenvalue weighted by Gasteiger charge is 2.24. The molecule has 2 aliphatic rings. The summed E-state index contributed by atoms with van der Waals surface area (Å²) in [4.78, 5) is 32.6. The van der Waals surface area contributed by atoms with E-state index >= 15 is 0 Å². The number of hydrogen-bond donors (Lipinski definition) is 3. The summed E-state index contributed by atoms with van der Waals surface area (Å²) in [6.45, 7) is 17.2. The van der Waals surface area contributed by atoms with Gasteiger partial charge in [-0.2, -0.15) is 10.2 Å². The van der Waals surface area contributed by atoms with Crippen LogP contribution in [0.2, 0.25) is 0 Å². The summed E-state index contributed by atoms with van der Waals surface area (Å²) < 4.78 is 5.48.